The molecule has 1 rings (SSSR count). The zero-order valence-electron chi connectivity index (χ0n) is 6.74. The van der Waals surface area contributed by atoms with Crippen molar-refractivity contribution < 1.29 is 4.79 Å². The third-order valence-electron chi connectivity index (χ3n) is 2.24. The Morgan fingerprint density at radius 1 is 0.923 bits per heavy atom. The molecule has 1 saturated carbocycles. The van der Waals surface area contributed by atoms with E-state index in [-0.39, 0.29) is 20.1 Å². The Labute approximate surface area is 87.9 Å². The van der Waals surface area contributed by atoms with Crippen molar-refractivity contribution in [3.63, 3.8) is 0 Å². The van der Waals surface area contributed by atoms with Crippen molar-refractivity contribution in [2.75, 3.05) is 0 Å². The summed E-state index contributed by atoms with van der Waals surface area (Å²) in [6.45, 7) is 0. The molecule has 0 aromatic carbocycles. The molecule has 13 heavy (non-hydrogen) atoms. The first-order valence-corrected chi connectivity index (χ1v) is 4.73. The third-order valence-corrected chi connectivity index (χ3v) is 2.50. The fourth-order valence-corrected chi connectivity index (χ4v) is 1.72. The van der Waals surface area contributed by atoms with Gasteiger partial charge in [0.05, 0.1) is 5.92 Å². The molecule has 2 heteroatoms. The molecule has 0 aromatic rings. The van der Waals surface area contributed by atoms with Gasteiger partial charge in [-0.05, 0) is 24.4 Å². The van der Waals surface area contributed by atoms with E-state index in [1.807, 2.05) is 0 Å². The largest absolute Gasteiger partial charge is 0.281 e. The van der Waals surface area contributed by atoms with Crippen molar-refractivity contribution in [2.45, 2.75) is 59.8 Å². The molecule has 1 aliphatic carbocycles. The summed E-state index contributed by atoms with van der Waals surface area (Å²) in [6.07, 6.45) is 8.00. The van der Waals surface area contributed by atoms with Crippen LogP contribution < -0.4 is 0 Å². The Hall–Kier alpha value is -0.0400. The van der Waals surface area contributed by atoms with Crippen molar-refractivity contribution in [3.8, 4) is 0 Å². The van der Waals surface area contributed by atoms with Crippen LogP contribution in [0.5, 0.6) is 0 Å². The van der Waals surface area contributed by atoms with E-state index in [2.05, 4.69) is 0 Å². The summed E-state index contributed by atoms with van der Waals surface area (Å²) < 4.78 is 0. The highest BCUT2D eigenvalue weighted by atomic mass is 35.5. The minimum atomic E-state index is -0.202. The molecular weight excluding hydrogens is 184 g/mol. The van der Waals surface area contributed by atoms with Crippen LogP contribution in [0, 0.1) is 5.92 Å². The Bertz CT molecular complexity index is 126. The fraction of sp³-hybridized carbons (Fsp3) is 0.818. The SMILES string of the molecule is C.C.O=C(Cl)[C]1CCCCCCC1. The van der Waals surface area contributed by atoms with Gasteiger partial charge >= 0.3 is 0 Å². The van der Waals surface area contributed by atoms with Crippen LogP contribution >= 0.6 is 11.6 Å². The van der Waals surface area contributed by atoms with Gasteiger partial charge in [-0.3, -0.25) is 4.79 Å². The molecule has 0 N–H and O–H groups in total. The van der Waals surface area contributed by atoms with E-state index in [4.69, 9.17) is 11.6 Å². The van der Waals surface area contributed by atoms with Crippen LogP contribution in [0.4, 0.5) is 0 Å². The van der Waals surface area contributed by atoms with Gasteiger partial charge in [-0.25, -0.2) is 0 Å². The van der Waals surface area contributed by atoms with Gasteiger partial charge in [0.1, 0.15) is 0 Å². The number of hydrogen-bond donors (Lipinski definition) is 0. The van der Waals surface area contributed by atoms with Gasteiger partial charge in [0.2, 0.25) is 5.24 Å². The fourth-order valence-electron chi connectivity index (χ4n) is 1.53. The van der Waals surface area contributed by atoms with Crippen LogP contribution in [0.1, 0.15) is 59.8 Å². The van der Waals surface area contributed by atoms with E-state index in [0.29, 0.717) is 0 Å². The lowest BCUT2D eigenvalue weighted by molar-refractivity contribution is -0.110. The molecule has 0 spiro atoms. The predicted molar refractivity (Wildman–Crippen MR) is 59.9 cm³/mol. The maximum absolute atomic E-state index is 10.8. The smallest absolute Gasteiger partial charge is 0.228 e. The molecule has 0 saturated heterocycles. The Kier molecular flexibility index (Phi) is 10.2. The number of hydrogen-bond acceptors (Lipinski definition) is 1. The van der Waals surface area contributed by atoms with Crippen molar-refractivity contribution in [1.82, 2.24) is 0 Å². The highest BCUT2D eigenvalue weighted by molar-refractivity contribution is 6.66. The van der Waals surface area contributed by atoms with Gasteiger partial charge in [-0.2, -0.15) is 0 Å². The van der Waals surface area contributed by atoms with E-state index in [1.54, 1.807) is 0 Å². The summed E-state index contributed by atoms with van der Waals surface area (Å²) in [5.41, 5.74) is 0. The number of rotatable bonds is 1. The van der Waals surface area contributed by atoms with Gasteiger partial charge in [0.25, 0.3) is 0 Å². The molecule has 0 unspecified atom stereocenters. The van der Waals surface area contributed by atoms with Crippen LogP contribution in [0.3, 0.4) is 0 Å². The number of carbonyl (C=O) groups is 1. The molecule has 0 atom stereocenters. The number of halogens is 1. The molecule has 0 bridgehead atoms. The molecule has 1 aliphatic rings. The lowest BCUT2D eigenvalue weighted by atomic mass is 9.92. The van der Waals surface area contributed by atoms with Crippen molar-refractivity contribution >= 4 is 16.8 Å². The van der Waals surface area contributed by atoms with Crippen LogP contribution in [0.15, 0.2) is 0 Å². The van der Waals surface area contributed by atoms with E-state index >= 15 is 0 Å². The van der Waals surface area contributed by atoms with Gasteiger partial charge in [0.15, 0.2) is 0 Å². The second kappa shape index (κ2) is 8.55. The second-order valence-corrected chi connectivity index (χ2v) is 3.49. The zero-order valence-corrected chi connectivity index (χ0v) is 7.49. The van der Waals surface area contributed by atoms with Crippen LogP contribution in [0.25, 0.3) is 0 Å². The van der Waals surface area contributed by atoms with E-state index in [9.17, 15) is 4.79 Å². The first kappa shape index (κ1) is 15.4. The first-order chi connectivity index (χ1) is 5.30. The molecule has 1 nitrogen and oxygen atoms in total. The van der Waals surface area contributed by atoms with E-state index < -0.39 is 0 Å². The second-order valence-electron chi connectivity index (χ2n) is 3.15. The van der Waals surface area contributed by atoms with Crippen molar-refractivity contribution in [2.24, 2.45) is 0 Å². The molecule has 1 radical (unpaired) electrons. The van der Waals surface area contributed by atoms with Crippen LogP contribution in [0.2, 0.25) is 0 Å². The summed E-state index contributed by atoms with van der Waals surface area (Å²) in [4.78, 5) is 10.8. The average molecular weight is 206 g/mol. The monoisotopic (exact) mass is 205 g/mol. The van der Waals surface area contributed by atoms with Crippen molar-refractivity contribution in [1.29, 1.82) is 0 Å². The Morgan fingerprint density at radius 2 is 1.31 bits per heavy atom. The zero-order chi connectivity index (χ0) is 8.10. The minimum Gasteiger partial charge on any atom is -0.281 e. The van der Waals surface area contributed by atoms with Crippen molar-refractivity contribution in [3.05, 3.63) is 5.92 Å². The number of carbonyl (C=O) groups excluding carboxylic acids is 1. The normalized spacial score (nSPS) is 18.8. The topological polar surface area (TPSA) is 17.1 Å². The molecular formula is C11H22ClO. The highest BCUT2D eigenvalue weighted by Crippen LogP contribution is 2.25. The predicted octanol–water partition coefficient (Wildman–Crippen LogP) is 4.34. The third kappa shape index (κ3) is 6.09. The van der Waals surface area contributed by atoms with Gasteiger partial charge in [-0.15, -0.1) is 0 Å². The minimum absolute atomic E-state index is 0. The van der Waals surface area contributed by atoms with Gasteiger partial charge < -0.3 is 0 Å². The molecule has 79 valence electrons. The molecule has 0 aliphatic heterocycles. The maximum Gasteiger partial charge on any atom is 0.228 e. The summed E-state index contributed by atoms with van der Waals surface area (Å²) in [7, 11) is 0. The maximum atomic E-state index is 10.8. The Balaban J connectivity index is 0. The molecule has 0 amide bonds. The highest BCUT2D eigenvalue weighted by Gasteiger charge is 2.17. The van der Waals surface area contributed by atoms with E-state index in [0.717, 1.165) is 31.6 Å². The quantitative estimate of drug-likeness (QED) is 0.582. The molecule has 0 aromatic heterocycles. The van der Waals surface area contributed by atoms with Gasteiger partial charge in [-0.1, -0.05) is 47.0 Å². The summed E-state index contributed by atoms with van der Waals surface area (Å²) in [6, 6.07) is 0. The standard InChI is InChI=1S/C9H14ClO.2CH4/c10-9(11)8-6-4-2-1-3-5-7-8;;/h1-7H2;2*1H4. The summed E-state index contributed by atoms with van der Waals surface area (Å²) in [5, 5.41) is -0.202. The van der Waals surface area contributed by atoms with Crippen LogP contribution in [-0.2, 0) is 4.79 Å². The summed E-state index contributed by atoms with van der Waals surface area (Å²) in [5.74, 6) is 0.950. The lowest BCUT2D eigenvalue weighted by Crippen LogP contribution is -2.07. The lowest BCUT2D eigenvalue weighted by Gasteiger charge is -2.14. The summed E-state index contributed by atoms with van der Waals surface area (Å²) >= 11 is 5.41. The Morgan fingerprint density at radius 3 is 1.69 bits per heavy atom. The van der Waals surface area contributed by atoms with E-state index in [1.165, 1.54) is 19.3 Å². The molecule has 0 heterocycles. The first-order valence-electron chi connectivity index (χ1n) is 4.35. The van der Waals surface area contributed by atoms with Crippen LogP contribution in [-0.4, -0.2) is 5.24 Å². The average Bonchev–Trinajstić information content (AvgIpc) is 1.84. The van der Waals surface area contributed by atoms with Gasteiger partial charge in [0, 0.05) is 0 Å². The molecule has 1 fully saturated rings.